The number of guanidine groups is 1. The number of hydrogen-bond acceptors (Lipinski definition) is 6. The monoisotopic (exact) mass is 529 g/mol. The molecule has 2 aromatic rings. The molecule has 0 saturated carbocycles. The van der Waals surface area contributed by atoms with Crippen LogP contribution in [-0.2, 0) is 13.0 Å². The maximum Gasteiger partial charge on any atom is 0.191 e. The first-order valence-corrected chi connectivity index (χ1v) is 10.7. The van der Waals surface area contributed by atoms with Crippen LogP contribution in [0.25, 0.3) is 0 Å². The van der Waals surface area contributed by atoms with Gasteiger partial charge in [0.1, 0.15) is 17.6 Å². The molecule has 158 valence electrons. The summed E-state index contributed by atoms with van der Waals surface area (Å²) in [6, 6.07) is 4.15. The van der Waals surface area contributed by atoms with Crippen molar-refractivity contribution in [1.29, 1.82) is 0 Å². The van der Waals surface area contributed by atoms with Crippen LogP contribution in [0.5, 0.6) is 11.5 Å². The third kappa shape index (κ3) is 5.06. The van der Waals surface area contributed by atoms with Crippen LogP contribution in [0, 0.1) is 0 Å². The van der Waals surface area contributed by atoms with E-state index in [1.54, 1.807) is 11.3 Å². The van der Waals surface area contributed by atoms with E-state index in [1.807, 2.05) is 18.5 Å². The number of nitrogens with two attached hydrogens (primary N) is 1. The van der Waals surface area contributed by atoms with Crippen LogP contribution in [0.15, 0.2) is 28.7 Å². The van der Waals surface area contributed by atoms with Crippen molar-refractivity contribution in [2.75, 3.05) is 37.7 Å². The number of fused-ring (bicyclic) bond motifs is 1. The summed E-state index contributed by atoms with van der Waals surface area (Å²) in [6.45, 7) is 8.68. The summed E-state index contributed by atoms with van der Waals surface area (Å²) in [5, 5.41) is 3.08. The zero-order valence-corrected chi connectivity index (χ0v) is 20.0. The predicted molar refractivity (Wildman–Crippen MR) is 128 cm³/mol. The Morgan fingerprint density at radius 1 is 1.34 bits per heavy atom. The Morgan fingerprint density at radius 2 is 2.14 bits per heavy atom. The Hall–Kier alpha value is -1.75. The van der Waals surface area contributed by atoms with Crippen LogP contribution in [0.2, 0.25) is 0 Å². The van der Waals surface area contributed by atoms with Crippen molar-refractivity contribution in [3.63, 3.8) is 0 Å². The third-order valence-corrected chi connectivity index (χ3v) is 5.92. The first kappa shape index (κ1) is 21.9. The first-order valence-electron chi connectivity index (χ1n) is 9.78. The highest BCUT2D eigenvalue weighted by molar-refractivity contribution is 14.0. The molecule has 2 aliphatic heterocycles. The summed E-state index contributed by atoms with van der Waals surface area (Å²) in [6.07, 6.45) is 2.98. The molecule has 1 atom stereocenters. The Kier molecular flexibility index (Phi) is 7.44. The molecule has 3 heterocycles. The number of anilines is 1. The Morgan fingerprint density at radius 3 is 2.83 bits per heavy atom. The lowest BCUT2D eigenvalue weighted by Gasteiger charge is -2.35. The van der Waals surface area contributed by atoms with Gasteiger partial charge in [-0.05, 0) is 26.0 Å². The Bertz CT molecular complexity index is 838. The van der Waals surface area contributed by atoms with E-state index in [1.165, 1.54) is 5.56 Å². The highest BCUT2D eigenvalue weighted by Crippen LogP contribution is 2.35. The Balaban J connectivity index is 0.00000240. The van der Waals surface area contributed by atoms with E-state index >= 15 is 0 Å². The first-order chi connectivity index (χ1) is 13.6. The fraction of sp³-hybridized carbons (Fsp3) is 0.500. The van der Waals surface area contributed by atoms with Gasteiger partial charge >= 0.3 is 0 Å². The minimum atomic E-state index is 0. The zero-order chi connectivity index (χ0) is 19.5. The van der Waals surface area contributed by atoms with Gasteiger partial charge in [-0.2, -0.15) is 0 Å². The number of hydrogen-bond donors (Lipinski definition) is 1. The molecule has 0 radical (unpaired) electrons. The van der Waals surface area contributed by atoms with E-state index in [9.17, 15) is 0 Å². The van der Waals surface area contributed by atoms with Gasteiger partial charge in [-0.1, -0.05) is 0 Å². The van der Waals surface area contributed by atoms with Gasteiger partial charge in [-0.3, -0.25) is 0 Å². The maximum atomic E-state index is 6.29. The molecular weight excluding hydrogens is 501 g/mol. The number of piperazine rings is 1. The van der Waals surface area contributed by atoms with Gasteiger partial charge in [0.2, 0.25) is 0 Å². The molecule has 29 heavy (non-hydrogen) atoms. The minimum Gasteiger partial charge on any atom is -0.494 e. The fourth-order valence-corrected chi connectivity index (χ4v) is 4.36. The van der Waals surface area contributed by atoms with Gasteiger partial charge in [0.05, 0.1) is 13.2 Å². The second-order valence-corrected chi connectivity index (χ2v) is 7.97. The number of halogens is 1. The number of ether oxygens (including phenoxy) is 2. The van der Waals surface area contributed by atoms with Crippen molar-refractivity contribution in [1.82, 2.24) is 9.88 Å². The molecule has 0 bridgehead atoms. The second kappa shape index (κ2) is 9.84. The quantitative estimate of drug-likeness (QED) is 0.365. The van der Waals surface area contributed by atoms with Gasteiger partial charge in [0, 0.05) is 55.3 Å². The summed E-state index contributed by atoms with van der Waals surface area (Å²) in [4.78, 5) is 13.5. The number of thiazole rings is 1. The van der Waals surface area contributed by atoms with Gasteiger partial charge in [0.25, 0.3) is 0 Å². The molecule has 1 aromatic heterocycles. The molecule has 7 nitrogen and oxygen atoms in total. The van der Waals surface area contributed by atoms with Gasteiger partial charge < -0.3 is 25.0 Å². The van der Waals surface area contributed by atoms with Gasteiger partial charge in [-0.25, -0.2) is 9.98 Å². The summed E-state index contributed by atoms with van der Waals surface area (Å²) in [5.74, 6) is 2.40. The van der Waals surface area contributed by atoms with Crippen molar-refractivity contribution in [3.05, 3.63) is 34.8 Å². The Labute approximate surface area is 192 Å². The number of benzene rings is 1. The van der Waals surface area contributed by atoms with E-state index in [2.05, 4.69) is 38.8 Å². The number of aromatic nitrogens is 1. The molecule has 1 fully saturated rings. The van der Waals surface area contributed by atoms with Crippen molar-refractivity contribution in [3.8, 4) is 11.5 Å². The largest absolute Gasteiger partial charge is 0.494 e. The highest BCUT2D eigenvalue weighted by Gasteiger charge is 2.23. The van der Waals surface area contributed by atoms with Crippen LogP contribution >= 0.6 is 35.3 Å². The van der Waals surface area contributed by atoms with Crippen LogP contribution in [0.4, 0.5) is 5.13 Å². The SMILES string of the molecule is CCOc1cc2c(cc1CN=C(N)N1CCN(c3nccs3)CC1)OC(C)C2.I. The molecule has 0 amide bonds. The fourth-order valence-electron chi connectivity index (χ4n) is 3.66. The van der Waals surface area contributed by atoms with Crippen molar-refractivity contribution in [2.24, 2.45) is 10.7 Å². The molecule has 0 spiro atoms. The smallest absolute Gasteiger partial charge is 0.191 e. The lowest BCUT2D eigenvalue weighted by molar-refractivity contribution is 0.254. The number of rotatable bonds is 5. The summed E-state index contributed by atoms with van der Waals surface area (Å²) >= 11 is 1.67. The predicted octanol–water partition coefficient (Wildman–Crippen LogP) is 3.12. The van der Waals surface area contributed by atoms with E-state index in [0.717, 1.165) is 54.8 Å². The molecule has 2 N–H and O–H groups in total. The van der Waals surface area contributed by atoms with E-state index in [4.69, 9.17) is 15.2 Å². The lowest BCUT2D eigenvalue weighted by Crippen LogP contribution is -2.51. The van der Waals surface area contributed by atoms with Crippen molar-refractivity contribution in [2.45, 2.75) is 32.9 Å². The van der Waals surface area contributed by atoms with Crippen LogP contribution in [0.3, 0.4) is 0 Å². The maximum absolute atomic E-state index is 6.29. The normalized spacial score (nSPS) is 18.8. The van der Waals surface area contributed by atoms with E-state index in [0.29, 0.717) is 19.1 Å². The molecular formula is C20H28IN5O2S. The number of aliphatic imine (C=N–C) groups is 1. The van der Waals surface area contributed by atoms with E-state index < -0.39 is 0 Å². The van der Waals surface area contributed by atoms with Crippen LogP contribution < -0.4 is 20.1 Å². The second-order valence-electron chi connectivity index (χ2n) is 7.10. The van der Waals surface area contributed by atoms with Gasteiger partial charge in [-0.15, -0.1) is 35.3 Å². The average molecular weight is 529 g/mol. The average Bonchev–Trinajstić information content (AvgIpc) is 3.35. The minimum absolute atomic E-state index is 0. The topological polar surface area (TPSA) is 76.2 Å². The van der Waals surface area contributed by atoms with Crippen LogP contribution in [0.1, 0.15) is 25.0 Å². The zero-order valence-electron chi connectivity index (χ0n) is 16.8. The third-order valence-electron chi connectivity index (χ3n) is 5.08. The van der Waals surface area contributed by atoms with Crippen molar-refractivity contribution >= 4 is 46.4 Å². The molecule has 1 unspecified atom stereocenters. The standard InChI is InChI=1S/C20H27N5O2S.HI/c1-3-26-17-11-15-10-14(2)27-18(15)12-16(17)13-23-19(21)24-5-7-25(8-6-24)20-22-4-9-28-20;/h4,9,11-12,14H,3,5-8,10,13H2,1-2H3,(H2,21,23);1H. The van der Waals surface area contributed by atoms with Crippen LogP contribution in [-0.4, -0.2) is 54.7 Å². The summed E-state index contributed by atoms with van der Waals surface area (Å²) in [5.41, 5.74) is 8.51. The molecule has 4 rings (SSSR count). The molecule has 9 heteroatoms. The lowest BCUT2D eigenvalue weighted by atomic mass is 10.1. The summed E-state index contributed by atoms with van der Waals surface area (Å²) in [7, 11) is 0. The van der Waals surface area contributed by atoms with E-state index in [-0.39, 0.29) is 30.1 Å². The van der Waals surface area contributed by atoms with Crippen molar-refractivity contribution < 1.29 is 9.47 Å². The number of nitrogens with zero attached hydrogens (tertiary/aromatic N) is 4. The summed E-state index contributed by atoms with van der Waals surface area (Å²) < 4.78 is 11.7. The molecule has 1 aromatic carbocycles. The van der Waals surface area contributed by atoms with Gasteiger partial charge in [0.15, 0.2) is 11.1 Å². The molecule has 2 aliphatic rings. The molecule has 0 aliphatic carbocycles. The highest BCUT2D eigenvalue weighted by atomic mass is 127. The molecule has 1 saturated heterocycles.